The van der Waals surface area contributed by atoms with Crippen molar-refractivity contribution in [1.29, 1.82) is 0 Å². The minimum Gasteiger partial charge on any atom is -0.493 e. The molecule has 5 rings (SSSR count). The Morgan fingerprint density at radius 3 is 2.27 bits per heavy atom. The van der Waals surface area contributed by atoms with E-state index in [2.05, 4.69) is 84.4 Å². The lowest BCUT2D eigenvalue weighted by molar-refractivity contribution is -0.120. The Labute approximate surface area is 236 Å². The summed E-state index contributed by atoms with van der Waals surface area (Å²) in [5, 5.41) is 3.09. The van der Waals surface area contributed by atoms with E-state index in [4.69, 9.17) is 9.72 Å². The molecule has 40 heavy (non-hydrogen) atoms. The van der Waals surface area contributed by atoms with E-state index in [-0.39, 0.29) is 5.91 Å². The second-order valence-corrected chi connectivity index (χ2v) is 10.3. The van der Waals surface area contributed by atoms with Crippen LogP contribution in [0.5, 0.6) is 5.75 Å². The minimum absolute atomic E-state index is 0.0266. The van der Waals surface area contributed by atoms with Crippen LogP contribution in [0.2, 0.25) is 0 Å². The van der Waals surface area contributed by atoms with Crippen LogP contribution in [0.1, 0.15) is 35.4 Å². The molecule has 0 radical (unpaired) electrons. The molecule has 204 valence electrons. The Hall–Kier alpha value is -4.38. The summed E-state index contributed by atoms with van der Waals surface area (Å²) in [7, 11) is 0. The fourth-order valence-electron chi connectivity index (χ4n) is 5.15. The van der Waals surface area contributed by atoms with Crippen LogP contribution in [-0.4, -0.2) is 28.6 Å². The fraction of sp³-hybridized carbons (Fsp3) is 0.257. The number of aryl methyl sites for hydroxylation is 3. The monoisotopic (exact) mass is 531 g/mol. The van der Waals surface area contributed by atoms with Gasteiger partial charge in [-0.1, -0.05) is 84.9 Å². The number of para-hydroxylation sites is 3. The number of imidazole rings is 1. The van der Waals surface area contributed by atoms with Crippen molar-refractivity contribution in [1.82, 2.24) is 14.9 Å². The summed E-state index contributed by atoms with van der Waals surface area (Å²) < 4.78 is 8.40. The number of hydrogen-bond donors (Lipinski definition) is 1. The van der Waals surface area contributed by atoms with Gasteiger partial charge in [-0.05, 0) is 66.6 Å². The molecule has 0 aliphatic carbocycles. The zero-order valence-corrected chi connectivity index (χ0v) is 23.4. The highest BCUT2D eigenvalue weighted by Gasteiger charge is 2.12. The number of unbranched alkanes of at least 4 members (excludes halogenated alkanes) is 1. The van der Waals surface area contributed by atoms with Crippen molar-refractivity contribution in [2.24, 2.45) is 0 Å². The van der Waals surface area contributed by atoms with E-state index in [1.807, 2.05) is 36.4 Å². The van der Waals surface area contributed by atoms with Crippen LogP contribution in [0.4, 0.5) is 0 Å². The molecule has 0 aliphatic heterocycles. The zero-order chi connectivity index (χ0) is 27.7. The molecular weight excluding hydrogens is 494 g/mol. The van der Waals surface area contributed by atoms with Gasteiger partial charge in [0.1, 0.15) is 11.6 Å². The molecule has 0 fully saturated rings. The van der Waals surface area contributed by atoms with Crippen molar-refractivity contribution < 1.29 is 9.53 Å². The standard InChI is InChI=1S/C35H37N3O2/c1-26-11-10-12-27(2)35(26)40-24-9-8-23-38-32-16-7-6-15-31(32)37-33(38)21-22-36-34(39)25-28-17-19-30(20-18-28)29-13-4-3-5-14-29/h3-7,10-20H,8-9,21-25H2,1-2H3,(H,36,39). The molecule has 4 aromatic carbocycles. The Balaban J connectivity index is 1.13. The van der Waals surface area contributed by atoms with Crippen molar-refractivity contribution in [3.63, 3.8) is 0 Å². The van der Waals surface area contributed by atoms with Crippen molar-refractivity contribution in [2.75, 3.05) is 13.2 Å². The van der Waals surface area contributed by atoms with Gasteiger partial charge in [-0.25, -0.2) is 4.98 Å². The first-order chi connectivity index (χ1) is 19.6. The fourth-order valence-corrected chi connectivity index (χ4v) is 5.15. The number of ether oxygens (including phenoxy) is 1. The van der Waals surface area contributed by atoms with Crippen LogP contribution in [0.3, 0.4) is 0 Å². The molecule has 0 bridgehead atoms. The number of benzene rings is 4. The van der Waals surface area contributed by atoms with E-state index >= 15 is 0 Å². The number of hydrogen-bond acceptors (Lipinski definition) is 3. The first-order valence-electron chi connectivity index (χ1n) is 14.1. The van der Waals surface area contributed by atoms with Crippen LogP contribution in [0.25, 0.3) is 22.2 Å². The van der Waals surface area contributed by atoms with Gasteiger partial charge in [-0.2, -0.15) is 0 Å². The van der Waals surface area contributed by atoms with E-state index < -0.39 is 0 Å². The molecule has 5 heteroatoms. The second kappa shape index (κ2) is 13.1. The van der Waals surface area contributed by atoms with Gasteiger partial charge < -0.3 is 14.6 Å². The summed E-state index contributed by atoms with van der Waals surface area (Å²) in [6.45, 7) is 6.29. The third-order valence-electron chi connectivity index (χ3n) is 7.26. The lowest BCUT2D eigenvalue weighted by Crippen LogP contribution is -2.28. The van der Waals surface area contributed by atoms with Gasteiger partial charge in [0.2, 0.25) is 5.91 Å². The summed E-state index contributed by atoms with van der Waals surface area (Å²) in [6.07, 6.45) is 3.00. The van der Waals surface area contributed by atoms with E-state index in [1.54, 1.807) is 0 Å². The third-order valence-corrected chi connectivity index (χ3v) is 7.26. The molecule has 0 saturated carbocycles. The number of nitrogens with zero attached hydrogens (tertiary/aromatic N) is 2. The molecule has 1 N–H and O–H groups in total. The molecule has 0 unspecified atom stereocenters. The molecule has 5 aromatic rings. The highest BCUT2D eigenvalue weighted by Crippen LogP contribution is 2.23. The summed E-state index contributed by atoms with van der Waals surface area (Å²) >= 11 is 0. The smallest absolute Gasteiger partial charge is 0.224 e. The van der Waals surface area contributed by atoms with Gasteiger partial charge >= 0.3 is 0 Å². The van der Waals surface area contributed by atoms with Gasteiger partial charge in [0.05, 0.1) is 24.1 Å². The predicted octanol–water partition coefficient (Wildman–Crippen LogP) is 7.08. The van der Waals surface area contributed by atoms with Crippen LogP contribution in [0.15, 0.2) is 97.1 Å². The topological polar surface area (TPSA) is 56.1 Å². The molecule has 0 atom stereocenters. The number of rotatable bonds is 12. The molecule has 0 spiro atoms. The van der Waals surface area contributed by atoms with Gasteiger partial charge in [0.15, 0.2) is 0 Å². The maximum Gasteiger partial charge on any atom is 0.224 e. The quantitative estimate of drug-likeness (QED) is 0.175. The van der Waals surface area contributed by atoms with E-state index in [1.165, 1.54) is 16.7 Å². The maximum atomic E-state index is 12.7. The average molecular weight is 532 g/mol. The Morgan fingerprint density at radius 1 is 0.800 bits per heavy atom. The number of nitrogens with one attached hydrogen (secondary N) is 1. The molecule has 0 saturated heterocycles. The Morgan fingerprint density at radius 2 is 1.50 bits per heavy atom. The van der Waals surface area contributed by atoms with Crippen molar-refractivity contribution in [3.8, 4) is 16.9 Å². The normalized spacial score (nSPS) is 11.1. The Kier molecular flexibility index (Phi) is 8.92. The number of carbonyl (C=O) groups is 1. The zero-order valence-electron chi connectivity index (χ0n) is 23.4. The first kappa shape index (κ1) is 27.2. The van der Waals surface area contributed by atoms with Crippen molar-refractivity contribution in [2.45, 2.75) is 46.1 Å². The number of fused-ring (bicyclic) bond motifs is 1. The van der Waals surface area contributed by atoms with Crippen LogP contribution in [0, 0.1) is 13.8 Å². The van der Waals surface area contributed by atoms with Crippen molar-refractivity contribution >= 4 is 16.9 Å². The van der Waals surface area contributed by atoms with Gasteiger partial charge in [0.25, 0.3) is 0 Å². The number of aromatic nitrogens is 2. The number of carbonyl (C=O) groups excluding carboxylic acids is 1. The highest BCUT2D eigenvalue weighted by atomic mass is 16.5. The Bertz CT molecular complexity index is 1540. The van der Waals surface area contributed by atoms with Crippen molar-refractivity contribution in [3.05, 3.63) is 120 Å². The van der Waals surface area contributed by atoms with Crippen LogP contribution >= 0.6 is 0 Å². The van der Waals surface area contributed by atoms with E-state index in [0.717, 1.165) is 53.1 Å². The third kappa shape index (κ3) is 6.78. The minimum atomic E-state index is 0.0266. The number of amides is 1. The first-order valence-corrected chi connectivity index (χ1v) is 14.1. The summed E-state index contributed by atoms with van der Waals surface area (Å²) in [5.41, 5.74) is 7.82. The SMILES string of the molecule is Cc1cccc(C)c1OCCCCn1c(CCNC(=O)Cc2ccc(-c3ccccc3)cc2)nc2ccccc21. The summed E-state index contributed by atoms with van der Waals surface area (Å²) in [5.74, 6) is 2.03. The summed E-state index contributed by atoms with van der Waals surface area (Å²) in [6, 6.07) is 33.0. The molecule has 1 heterocycles. The highest BCUT2D eigenvalue weighted by molar-refractivity contribution is 5.79. The van der Waals surface area contributed by atoms with Gasteiger partial charge in [0, 0.05) is 19.5 Å². The molecular formula is C35H37N3O2. The van der Waals surface area contributed by atoms with E-state index in [9.17, 15) is 4.79 Å². The molecule has 5 nitrogen and oxygen atoms in total. The largest absolute Gasteiger partial charge is 0.493 e. The lowest BCUT2D eigenvalue weighted by atomic mass is 10.0. The van der Waals surface area contributed by atoms with Gasteiger partial charge in [-0.3, -0.25) is 4.79 Å². The second-order valence-electron chi connectivity index (χ2n) is 10.3. The maximum absolute atomic E-state index is 12.7. The molecule has 0 aliphatic rings. The predicted molar refractivity (Wildman–Crippen MR) is 163 cm³/mol. The van der Waals surface area contributed by atoms with Crippen LogP contribution < -0.4 is 10.1 Å². The molecule has 1 aromatic heterocycles. The van der Waals surface area contributed by atoms with Gasteiger partial charge in [-0.15, -0.1) is 0 Å². The molecule has 1 amide bonds. The van der Waals surface area contributed by atoms with Crippen LogP contribution in [-0.2, 0) is 24.2 Å². The van der Waals surface area contributed by atoms with E-state index in [0.29, 0.717) is 26.0 Å². The summed E-state index contributed by atoms with van der Waals surface area (Å²) in [4.78, 5) is 17.6. The average Bonchev–Trinajstić information content (AvgIpc) is 3.32. The lowest BCUT2D eigenvalue weighted by Gasteiger charge is -2.13.